The van der Waals surface area contributed by atoms with Gasteiger partial charge in [-0.25, -0.2) is 14.6 Å². The number of nitrogens with two attached hydrogens (primary N) is 1. The van der Waals surface area contributed by atoms with Crippen LogP contribution in [0.5, 0.6) is 0 Å². The summed E-state index contributed by atoms with van der Waals surface area (Å²) >= 11 is 3.53. The van der Waals surface area contributed by atoms with Gasteiger partial charge in [-0.1, -0.05) is 13.8 Å². The summed E-state index contributed by atoms with van der Waals surface area (Å²) in [5.41, 5.74) is 8.78. The van der Waals surface area contributed by atoms with Gasteiger partial charge in [0, 0.05) is 11.5 Å². The maximum absolute atomic E-state index is 5.99. The van der Waals surface area contributed by atoms with Crippen LogP contribution in [0.4, 0.5) is 5.82 Å². The first-order valence-electron chi connectivity index (χ1n) is 6.19. The maximum atomic E-state index is 5.99. The molecule has 0 aliphatic rings. The Kier molecular flexibility index (Phi) is 3.62. The summed E-state index contributed by atoms with van der Waals surface area (Å²) in [6, 6.07) is 0. The van der Waals surface area contributed by atoms with Crippen molar-refractivity contribution in [3.63, 3.8) is 0 Å². The first-order chi connectivity index (χ1) is 8.82. The van der Waals surface area contributed by atoms with Crippen molar-refractivity contribution in [3.05, 3.63) is 27.2 Å². The molecule has 0 aliphatic heterocycles. The molecule has 102 valence electrons. The average molecular weight is 324 g/mol. The van der Waals surface area contributed by atoms with E-state index in [4.69, 9.17) is 5.73 Å². The zero-order valence-electron chi connectivity index (χ0n) is 11.8. The summed E-state index contributed by atoms with van der Waals surface area (Å²) < 4.78 is 2.81. The molecule has 0 bridgehead atoms. The first-order valence-corrected chi connectivity index (χ1v) is 6.98. The number of anilines is 1. The summed E-state index contributed by atoms with van der Waals surface area (Å²) in [7, 11) is 0. The second-order valence-corrected chi connectivity index (χ2v) is 5.76. The van der Waals surface area contributed by atoms with E-state index in [1.165, 1.54) is 0 Å². The van der Waals surface area contributed by atoms with Crippen molar-refractivity contribution in [1.82, 2.24) is 19.7 Å². The van der Waals surface area contributed by atoms with Crippen LogP contribution in [0.3, 0.4) is 0 Å². The van der Waals surface area contributed by atoms with E-state index < -0.39 is 0 Å². The Balaban J connectivity index is 2.70. The van der Waals surface area contributed by atoms with Crippen LogP contribution in [-0.4, -0.2) is 19.7 Å². The molecule has 0 atom stereocenters. The van der Waals surface area contributed by atoms with E-state index in [0.29, 0.717) is 5.82 Å². The van der Waals surface area contributed by atoms with Gasteiger partial charge in [0.25, 0.3) is 0 Å². The summed E-state index contributed by atoms with van der Waals surface area (Å²) in [6.07, 6.45) is 0. The summed E-state index contributed by atoms with van der Waals surface area (Å²) in [6.45, 7) is 9.96. The second kappa shape index (κ2) is 4.92. The van der Waals surface area contributed by atoms with Gasteiger partial charge in [0.05, 0.1) is 15.9 Å². The normalized spacial score (nSPS) is 11.3. The molecule has 0 saturated heterocycles. The maximum Gasteiger partial charge on any atom is 0.162 e. The first kappa shape index (κ1) is 14.0. The van der Waals surface area contributed by atoms with Crippen LogP contribution >= 0.6 is 15.9 Å². The van der Waals surface area contributed by atoms with Crippen LogP contribution in [0.2, 0.25) is 0 Å². The lowest BCUT2D eigenvalue weighted by atomic mass is 10.2. The number of aromatic nitrogens is 4. The lowest BCUT2D eigenvalue weighted by molar-refractivity contribution is 0.732. The van der Waals surface area contributed by atoms with E-state index in [0.717, 1.165) is 33.1 Å². The third-order valence-corrected chi connectivity index (χ3v) is 4.24. The fraction of sp³-hybridized carbons (Fsp3) is 0.462. The van der Waals surface area contributed by atoms with E-state index in [-0.39, 0.29) is 5.92 Å². The molecule has 6 heteroatoms. The molecular formula is C13H18BrN5. The van der Waals surface area contributed by atoms with Gasteiger partial charge < -0.3 is 5.73 Å². The Morgan fingerprint density at radius 1 is 1.16 bits per heavy atom. The average Bonchev–Trinajstić information content (AvgIpc) is 2.60. The van der Waals surface area contributed by atoms with Crippen molar-refractivity contribution in [3.8, 4) is 5.82 Å². The van der Waals surface area contributed by atoms with Crippen LogP contribution < -0.4 is 5.73 Å². The third-order valence-electron chi connectivity index (χ3n) is 3.10. The van der Waals surface area contributed by atoms with Gasteiger partial charge >= 0.3 is 0 Å². The molecule has 0 unspecified atom stereocenters. The van der Waals surface area contributed by atoms with Gasteiger partial charge in [0.2, 0.25) is 0 Å². The van der Waals surface area contributed by atoms with Crippen molar-refractivity contribution in [1.29, 1.82) is 0 Å². The Morgan fingerprint density at radius 3 is 2.26 bits per heavy atom. The van der Waals surface area contributed by atoms with Crippen molar-refractivity contribution < 1.29 is 0 Å². The SMILES string of the molecule is Cc1nn(-c2nc(C(C)C)nc(N)c2C)c(C)c1Br. The Labute approximate surface area is 121 Å². The van der Waals surface area contributed by atoms with Crippen LogP contribution in [0, 0.1) is 20.8 Å². The number of rotatable bonds is 2. The molecule has 2 N–H and O–H groups in total. The summed E-state index contributed by atoms with van der Waals surface area (Å²) in [4.78, 5) is 8.94. The number of halogens is 1. The Morgan fingerprint density at radius 2 is 1.79 bits per heavy atom. The van der Waals surface area contributed by atoms with Gasteiger partial charge in [0.15, 0.2) is 5.82 Å². The standard InChI is InChI=1S/C13H18BrN5/c1-6(2)12-16-11(15)7(3)13(17-12)19-9(5)10(14)8(4)18-19/h6H,1-5H3,(H2,15,16,17). The molecular weight excluding hydrogens is 306 g/mol. The molecule has 0 aliphatic carbocycles. The molecule has 0 aromatic carbocycles. The van der Waals surface area contributed by atoms with E-state index in [2.05, 4.69) is 31.0 Å². The quantitative estimate of drug-likeness (QED) is 0.922. The van der Waals surface area contributed by atoms with Crippen molar-refractivity contribution in [2.75, 3.05) is 5.73 Å². The molecule has 2 aromatic rings. The Bertz CT molecular complexity index is 630. The fourth-order valence-electron chi connectivity index (χ4n) is 1.83. The van der Waals surface area contributed by atoms with E-state index >= 15 is 0 Å². The smallest absolute Gasteiger partial charge is 0.162 e. The highest BCUT2D eigenvalue weighted by molar-refractivity contribution is 9.10. The van der Waals surface area contributed by atoms with Crippen molar-refractivity contribution in [2.24, 2.45) is 0 Å². The van der Waals surface area contributed by atoms with Gasteiger partial charge in [-0.3, -0.25) is 0 Å². The number of hydrogen-bond acceptors (Lipinski definition) is 4. The zero-order chi connectivity index (χ0) is 14.3. The minimum atomic E-state index is 0.224. The molecule has 0 fully saturated rings. The van der Waals surface area contributed by atoms with Crippen molar-refractivity contribution >= 4 is 21.7 Å². The van der Waals surface area contributed by atoms with Gasteiger partial charge in [-0.15, -0.1) is 0 Å². The second-order valence-electron chi connectivity index (χ2n) is 4.97. The molecule has 2 aromatic heterocycles. The highest BCUT2D eigenvalue weighted by atomic mass is 79.9. The molecule has 0 radical (unpaired) electrons. The van der Waals surface area contributed by atoms with Gasteiger partial charge in [0.1, 0.15) is 11.6 Å². The van der Waals surface area contributed by atoms with Crippen LogP contribution in [0.25, 0.3) is 5.82 Å². The monoisotopic (exact) mass is 323 g/mol. The predicted octanol–water partition coefficient (Wildman–Crippen LogP) is 3.06. The lowest BCUT2D eigenvalue weighted by Gasteiger charge is -2.12. The van der Waals surface area contributed by atoms with Gasteiger partial charge in [-0.05, 0) is 36.7 Å². The van der Waals surface area contributed by atoms with Crippen LogP contribution in [0.1, 0.15) is 42.5 Å². The minimum Gasteiger partial charge on any atom is -0.383 e. The third kappa shape index (κ3) is 2.36. The molecule has 2 heterocycles. The molecule has 2 rings (SSSR count). The molecule has 19 heavy (non-hydrogen) atoms. The lowest BCUT2D eigenvalue weighted by Crippen LogP contribution is -2.12. The van der Waals surface area contributed by atoms with E-state index in [1.807, 2.05) is 39.3 Å². The van der Waals surface area contributed by atoms with Gasteiger partial charge in [-0.2, -0.15) is 5.10 Å². The highest BCUT2D eigenvalue weighted by Crippen LogP contribution is 2.26. The molecule has 0 amide bonds. The molecule has 0 spiro atoms. The molecule has 0 saturated carbocycles. The zero-order valence-corrected chi connectivity index (χ0v) is 13.4. The van der Waals surface area contributed by atoms with Crippen molar-refractivity contribution in [2.45, 2.75) is 40.5 Å². The Hall–Kier alpha value is -1.43. The highest BCUT2D eigenvalue weighted by Gasteiger charge is 2.17. The van der Waals surface area contributed by atoms with Crippen LogP contribution in [0.15, 0.2) is 4.47 Å². The van der Waals surface area contributed by atoms with E-state index in [1.54, 1.807) is 0 Å². The minimum absolute atomic E-state index is 0.224. The number of hydrogen-bond donors (Lipinski definition) is 1. The molecule has 5 nitrogen and oxygen atoms in total. The fourth-order valence-corrected chi connectivity index (χ4v) is 2.08. The number of nitrogens with zero attached hydrogens (tertiary/aromatic N) is 4. The largest absolute Gasteiger partial charge is 0.383 e. The number of aryl methyl sites for hydroxylation is 1. The van der Waals surface area contributed by atoms with Crippen LogP contribution in [-0.2, 0) is 0 Å². The number of nitrogen functional groups attached to an aromatic ring is 1. The summed E-state index contributed by atoms with van der Waals surface area (Å²) in [5.74, 6) is 2.23. The van der Waals surface area contributed by atoms with E-state index in [9.17, 15) is 0 Å². The predicted molar refractivity (Wildman–Crippen MR) is 79.6 cm³/mol. The topological polar surface area (TPSA) is 69.6 Å². The summed E-state index contributed by atoms with van der Waals surface area (Å²) in [5, 5.41) is 4.51.